The summed E-state index contributed by atoms with van der Waals surface area (Å²) in [5, 5.41) is 0. The Balaban J connectivity index is 2.78. The summed E-state index contributed by atoms with van der Waals surface area (Å²) in [4.78, 5) is 0. The molecule has 56 heavy (non-hydrogen) atoms. The summed E-state index contributed by atoms with van der Waals surface area (Å²) in [5.74, 6) is -5.04. The second-order valence-corrected chi connectivity index (χ2v) is 42.3. The average molecular weight is 924 g/mol. The summed E-state index contributed by atoms with van der Waals surface area (Å²) in [7, 11) is -29.6. The van der Waals surface area contributed by atoms with E-state index in [1.165, 1.54) is 0 Å². The van der Waals surface area contributed by atoms with Gasteiger partial charge in [-0.05, 0) is 78.8 Å². The molecule has 0 amide bonds. The predicted octanol–water partition coefficient (Wildman–Crippen LogP) is 11.7. The standard InChI is InChI=1S/C37H81F3O9Si7/c1-18-35(38)50(21-28(4)5)41-53(24-31(10)11)43-51(22-29(6)7,36(39)19-2)45-55(26-33(14)15)46-52(23-30(8)9,37(40)20-3)44-54(42-50,25-32(12)13)48-56(47-53,49-55)27-34(16)17/h28-37H,18-27H2,1-17H3. The highest BCUT2D eigenvalue weighted by Crippen LogP contribution is 2.53. The maximum absolute atomic E-state index is 17.6. The summed E-state index contributed by atoms with van der Waals surface area (Å²) in [6.07, 6.45) is 0.304. The van der Waals surface area contributed by atoms with Gasteiger partial charge in [0.25, 0.3) is 0 Å². The van der Waals surface area contributed by atoms with Crippen LogP contribution in [0.3, 0.4) is 0 Å². The number of alkyl halides is 3. The van der Waals surface area contributed by atoms with Gasteiger partial charge < -0.3 is 37.0 Å². The van der Waals surface area contributed by atoms with E-state index in [2.05, 4.69) is 13.8 Å². The van der Waals surface area contributed by atoms with E-state index in [0.29, 0.717) is 6.04 Å². The molecule has 19 heteroatoms. The minimum atomic E-state index is -4.27. The van der Waals surface area contributed by atoms with Crippen molar-refractivity contribution >= 4 is 60.9 Å². The van der Waals surface area contributed by atoms with Crippen LogP contribution >= 0.6 is 0 Å². The second-order valence-electron chi connectivity index (χ2n) is 19.9. The van der Waals surface area contributed by atoms with Crippen LogP contribution in [0.2, 0.25) is 42.3 Å². The van der Waals surface area contributed by atoms with Crippen molar-refractivity contribution < 1.29 is 50.2 Å². The second kappa shape index (κ2) is 20.0. The first kappa shape index (κ1) is 51.3. The Labute approximate surface area is 347 Å². The van der Waals surface area contributed by atoms with E-state index in [1.54, 1.807) is 20.8 Å². The lowest BCUT2D eigenvalue weighted by molar-refractivity contribution is 0.0236. The van der Waals surface area contributed by atoms with E-state index < -0.39 is 78.3 Å². The maximum atomic E-state index is 17.6. The van der Waals surface area contributed by atoms with Crippen LogP contribution in [0.4, 0.5) is 13.2 Å². The lowest BCUT2D eigenvalue weighted by Gasteiger charge is -2.61. The Morgan fingerprint density at radius 3 is 0.589 bits per heavy atom. The minimum absolute atomic E-state index is 0.0195. The van der Waals surface area contributed by atoms with Crippen molar-refractivity contribution in [3.63, 3.8) is 0 Å². The van der Waals surface area contributed by atoms with Gasteiger partial charge in [0.05, 0.1) is 0 Å². The van der Waals surface area contributed by atoms with Gasteiger partial charge in [-0.15, -0.1) is 0 Å². The van der Waals surface area contributed by atoms with Gasteiger partial charge in [0.1, 0.15) is 17.4 Å². The predicted molar refractivity (Wildman–Crippen MR) is 233 cm³/mol. The van der Waals surface area contributed by atoms with Crippen LogP contribution in [0.1, 0.15) is 137 Å². The van der Waals surface area contributed by atoms with Crippen LogP contribution in [0, 0.1) is 41.4 Å². The van der Waals surface area contributed by atoms with Gasteiger partial charge in [0.15, 0.2) is 0 Å². The van der Waals surface area contributed by atoms with Crippen molar-refractivity contribution in [2.45, 2.75) is 197 Å². The van der Waals surface area contributed by atoms with Gasteiger partial charge >= 0.3 is 60.9 Å². The van der Waals surface area contributed by atoms with Crippen molar-refractivity contribution in [1.82, 2.24) is 0 Å². The lowest BCUT2D eigenvalue weighted by atomic mass is 10.3. The molecule has 4 bridgehead atoms. The van der Waals surface area contributed by atoms with Crippen LogP contribution in [-0.2, 0) is 37.0 Å². The molecule has 9 nitrogen and oxygen atoms in total. The molecule has 3 fully saturated rings. The molecule has 332 valence electrons. The van der Waals surface area contributed by atoms with Crippen LogP contribution in [-0.4, -0.2) is 78.3 Å². The molecule has 3 saturated heterocycles. The zero-order valence-corrected chi connectivity index (χ0v) is 45.2. The molecule has 3 rings (SSSR count). The van der Waals surface area contributed by atoms with Gasteiger partial charge in [-0.1, -0.05) is 118 Å². The first-order valence-corrected chi connectivity index (χ1v) is 36.0. The number of hydrogen-bond donors (Lipinski definition) is 0. The molecule has 0 radical (unpaired) electrons. The molecule has 3 aliphatic rings. The largest absolute Gasteiger partial charge is 0.479 e. The summed E-state index contributed by atoms with van der Waals surface area (Å²) >= 11 is 0. The molecule has 3 atom stereocenters. The number of rotatable bonds is 20. The Morgan fingerprint density at radius 2 is 0.446 bits per heavy atom. The number of hydrogen-bond acceptors (Lipinski definition) is 9. The molecule has 0 aromatic carbocycles. The highest BCUT2D eigenvalue weighted by Gasteiger charge is 2.78. The third-order valence-corrected chi connectivity index (χ3v) is 46.9. The SMILES string of the molecule is CCC(F)[Si]1(CC(C)C)O[Si]2(CC(C)C)O[Si]3(CC(C)C)O[Si](CC(C)C)(O1)O[Si](CC(C)C)(C(F)CC)O[Si](CC(C)C)(O3)O[Si](CC(C)C)(C(F)CC)O2. The maximum Gasteiger partial charge on any atom is 0.479 e. The molecular formula is C37H81F3O9Si7. The normalized spacial score (nSPS) is 37.3. The van der Waals surface area contributed by atoms with Gasteiger partial charge in [-0.25, -0.2) is 13.2 Å². The molecule has 0 spiro atoms. The van der Waals surface area contributed by atoms with E-state index in [9.17, 15) is 0 Å². The summed E-state index contributed by atoms with van der Waals surface area (Å²) < 4.78 is 121. The Bertz CT molecular complexity index is 1080. The quantitative estimate of drug-likeness (QED) is 0.111. The summed E-state index contributed by atoms with van der Waals surface area (Å²) in [6, 6.07) is 1.83. The van der Waals surface area contributed by atoms with Crippen molar-refractivity contribution in [2.75, 3.05) is 0 Å². The van der Waals surface area contributed by atoms with Crippen LogP contribution in [0.5, 0.6) is 0 Å². The monoisotopic (exact) mass is 922 g/mol. The number of halogens is 3. The first-order valence-electron chi connectivity index (χ1n) is 22.0. The average Bonchev–Trinajstić information content (AvgIpc) is 2.98. The highest BCUT2D eigenvalue weighted by atomic mass is 28.6. The zero-order valence-electron chi connectivity index (χ0n) is 38.2. The smallest absolute Gasteiger partial charge is 0.393 e. The molecule has 0 N–H and O–H groups in total. The van der Waals surface area contributed by atoms with Gasteiger partial charge in [-0.3, -0.25) is 0 Å². The third kappa shape index (κ3) is 12.3. The summed E-state index contributed by atoms with van der Waals surface area (Å²) in [6.45, 7) is 33.9. The fourth-order valence-electron chi connectivity index (χ4n) is 8.76. The van der Waals surface area contributed by atoms with Crippen molar-refractivity contribution in [3.8, 4) is 0 Å². The molecule has 3 aliphatic heterocycles. The van der Waals surface area contributed by atoms with Gasteiger partial charge in [-0.2, -0.15) is 0 Å². The molecular weight excluding hydrogens is 842 g/mol. The third-order valence-electron chi connectivity index (χ3n) is 10.1. The van der Waals surface area contributed by atoms with Crippen LogP contribution in [0.15, 0.2) is 0 Å². The van der Waals surface area contributed by atoms with E-state index in [-0.39, 0.29) is 97.0 Å². The van der Waals surface area contributed by atoms with Gasteiger partial charge in [0.2, 0.25) is 0 Å². The first-order chi connectivity index (χ1) is 25.7. The minimum Gasteiger partial charge on any atom is -0.393 e. The Hall–Kier alpha value is 0.948. The van der Waals surface area contributed by atoms with E-state index in [0.717, 1.165) is 0 Å². The van der Waals surface area contributed by atoms with Crippen molar-refractivity contribution in [1.29, 1.82) is 0 Å². The lowest BCUT2D eigenvalue weighted by Crippen LogP contribution is -2.84. The van der Waals surface area contributed by atoms with E-state index >= 15 is 13.2 Å². The summed E-state index contributed by atoms with van der Waals surface area (Å²) in [5.41, 5.74) is 0. The van der Waals surface area contributed by atoms with Gasteiger partial charge in [0, 0.05) is 24.2 Å². The number of fused-ring (bicyclic) bond motifs is 3. The Morgan fingerprint density at radius 1 is 0.286 bits per heavy atom. The highest BCUT2D eigenvalue weighted by molar-refractivity contribution is 7.00. The molecule has 0 aromatic rings. The molecule has 3 heterocycles. The fraction of sp³-hybridized carbons (Fsp3) is 1.00. The Kier molecular flexibility index (Phi) is 18.3. The van der Waals surface area contributed by atoms with E-state index in [4.69, 9.17) is 37.0 Å². The molecule has 3 unspecified atom stereocenters. The van der Waals surface area contributed by atoms with Crippen LogP contribution in [0.25, 0.3) is 0 Å². The topological polar surface area (TPSA) is 83.1 Å². The fourth-order valence-corrected chi connectivity index (χ4v) is 54.3. The van der Waals surface area contributed by atoms with Crippen molar-refractivity contribution in [2.24, 2.45) is 41.4 Å². The van der Waals surface area contributed by atoms with Crippen LogP contribution < -0.4 is 0 Å². The van der Waals surface area contributed by atoms with Crippen molar-refractivity contribution in [3.05, 3.63) is 0 Å². The molecule has 0 aromatic heterocycles. The zero-order chi connectivity index (χ0) is 42.7. The van der Waals surface area contributed by atoms with E-state index in [1.807, 2.05) is 83.1 Å². The molecule has 0 saturated carbocycles. The molecule has 0 aliphatic carbocycles.